The summed E-state index contributed by atoms with van der Waals surface area (Å²) < 4.78 is 27.3. The fourth-order valence-corrected chi connectivity index (χ4v) is 5.59. The maximum Gasteiger partial charge on any atom is 0.243 e. The molecule has 2 aliphatic rings. The topological polar surface area (TPSA) is 74.8 Å². The number of nitrogens with zero attached hydrogens (tertiary/aromatic N) is 2. The summed E-state index contributed by atoms with van der Waals surface area (Å²) in [4.78, 5) is 26.5. The highest BCUT2D eigenvalue weighted by atomic mass is 35.5. The molecule has 4 rings (SSSR count). The highest BCUT2D eigenvalue weighted by Gasteiger charge is 2.53. The van der Waals surface area contributed by atoms with Gasteiger partial charge in [0.2, 0.25) is 15.9 Å². The predicted octanol–water partition coefficient (Wildman–Crippen LogP) is 3.11. The van der Waals surface area contributed by atoms with E-state index >= 15 is 0 Å². The van der Waals surface area contributed by atoms with Crippen LogP contribution in [0.4, 0.5) is 0 Å². The van der Waals surface area contributed by atoms with Gasteiger partial charge >= 0.3 is 0 Å². The van der Waals surface area contributed by atoms with Crippen molar-refractivity contribution in [2.45, 2.75) is 30.1 Å². The van der Waals surface area contributed by atoms with Gasteiger partial charge in [-0.15, -0.1) is 0 Å². The first kappa shape index (κ1) is 21.0. The Hall–Kier alpha value is -2.22. The van der Waals surface area contributed by atoms with Crippen molar-refractivity contribution in [3.8, 4) is 0 Å². The van der Waals surface area contributed by atoms with Crippen LogP contribution in [0.25, 0.3) is 0 Å². The number of halogens is 1. The van der Waals surface area contributed by atoms with E-state index in [1.165, 1.54) is 35.5 Å². The van der Waals surface area contributed by atoms with Crippen LogP contribution in [0.15, 0.2) is 53.4 Å². The Morgan fingerprint density at radius 1 is 0.967 bits per heavy atom. The Morgan fingerprint density at radius 2 is 1.60 bits per heavy atom. The molecule has 2 aromatic rings. The largest absolute Gasteiger partial charge is 0.339 e. The molecule has 2 aromatic carbocycles. The molecule has 0 spiro atoms. The Kier molecular flexibility index (Phi) is 5.46. The average Bonchev–Trinajstić information content (AvgIpc) is 3.55. The number of piperazine rings is 1. The third-order valence-corrected chi connectivity index (χ3v) is 8.11. The van der Waals surface area contributed by atoms with E-state index in [0.29, 0.717) is 23.7 Å². The number of hydrogen-bond acceptors (Lipinski definition) is 4. The molecule has 0 unspecified atom stereocenters. The zero-order valence-electron chi connectivity index (χ0n) is 16.7. The maximum atomic E-state index is 13.2. The van der Waals surface area contributed by atoms with E-state index in [1.807, 2.05) is 18.2 Å². The van der Waals surface area contributed by atoms with Gasteiger partial charge in [0.05, 0.1) is 10.3 Å². The van der Waals surface area contributed by atoms with Gasteiger partial charge in [-0.1, -0.05) is 35.9 Å². The van der Waals surface area contributed by atoms with Crippen molar-refractivity contribution in [3.63, 3.8) is 0 Å². The number of Topliss-reactive ketones (excluding diaryl/α,β-unsaturated/α-hetero) is 1. The summed E-state index contributed by atoms with van der Waals surface area (Å²) in [6.07, 6.45) is 1.57. The van der Waals surface area contributed by atoms with Crippen LogP contribution >= 0.6 is 11.6 Å². The highest BCUT2D eigenvalue weighted by Crippen LogP contribution is 2.50. The molecule has 0 aromatic heterocycles. The van der Waals surface area contributed by atoms with E-state index in [2.05, 4.69) is 0 Å². The third-order valence-electron chi connectivity index (χ3n) is 5.96. The number of sulfonamides is 1. The minimum Gasteiger partial charge on any atom is -0.339 e. The minimum atomic E-state index is -3.66. The molecule has 1 saturated heterocycles. The summed E-state index contributed by atoms with van der Waals surface area (Å²) in [5.74, 6) is -0.0626. The van der Waals surface area contributed by atoms with Crippen LogP contribution in [0.1, 0.15) is 35.7 Å². The summed E-state index contributed by atoms with van der Waals surface area (Å²) in [6.45, 7) is 2.63. The maximum absolute atomic E-state index is 13.2. The van der Waals surface area contributed by atoms with Crippen LogP contribution in [0.2, 0.25) is 5.02 Å². The van der Waals surface area contributed by atoms with Crippen molar-refractivity contribution in [2.24, 2.45) is 0 Å². The molecule has 1 amide bonds. The van der Waals surface area contributed by atoms with E-state index in [9.17, 15) is 18.0 Å². The Morgan fingerprint density at radius 3 is 2.13 bits per heavy atom. The predicted molar refractivity (Wildman–Crippen MR) is 114 cm³/mol. The van der Waals surface area contributed by atoms with Gasteiger partial charge in [0.25, 0.3) is 0 Å². The molecule has 2 fully saturated rings. The summed E-state index contributed by atoms with van der Waals surface area (Å²) in [5.41, 5.74) is 0.884. The van der Waals surface area contributed by atoms with E-state index in [-0.39, 0.29) is 29.7 Å². The quantitative estimate of drug-likeness (QED) is 0.661. The van der Waals surface area contributed by atoms with Crippen LogP contribution < -0.4 is 0 Å². The number of rotatable bonds is 5. The SMILES string of the molecule is CC(=O)c1ccc(S(=O)(=O)N2CCN(C(=O)C3(c4cccc(Cl)c4)CC3)CC2)cc1. The molecule has 1 heterocycles. The number of carbonyl (C=O) groups excluding carboxylic acids is 2. The second kappa shape index (κ2) is 7.80. The Labute approximate surface area is 181 Å². The molecular formula is C22H23ClN2O4S. The Balaban J connectivity index is 1.44. The van der Waals surface area contributed by atoms with E-state index in [1.54, 1.807) is 11.0 Å². The van der Waals surface area contributed by atoms with Crippen molar-refractivity contribution >= 4 is 33.3 Å². The number of ketones is 1. The summed E-state index contributed by atoms with van der Waals surface area (Å²) in [6, 6.07) is 13.4. The van der Waals surface area contributed by atoms with Gasteiger partial charge in [-0.2, -0.15) is 4.31 Å². The second-order valence-corrected chi connectivity index (χ2v) is 10.2. The van der Waals surface area contributed by atoms with Crippen molar-refractivity contribution in [2.75, 3.05) is 26.2 Å². The lowest BCUT2D eigenvalue weighted by Crippen LogP contribution is -2.52. The molecular weight excluding hydrogens is 424 g/mol. The lowest BCUT2D eigenvalue weighted by Gasteiger charge is -2.36. The van der Waals surface area contributed by atoms with Gasteiger partial charge in [-0.05, 0) is 49.6 Å². The molecule has 0 N–H and O–H groups in total. The highest BCUT2D eigenvalue weighted by molar-refractivity contribution is 7.89. The lowest BCUT2D eigenvalue weighted by molar-refractivity contribution is -0.135. The molecule has 6 nitrogen and oxygen atoms in total. The van der Waals surface area contributed by atoms with Crippen molar-refractivity contribution in [3.05, 3.63) is 64.7 Å². The summed E-state index contributed by atoms with van der Waals surface area (Å²) in [5, 5.41) is 0.610. The van der Waals surface area contributed by atoms with Gasteiger partial charge in [-0.25, -0.2) is 8.42 Å². The third kappa shape index (κ3) is 3.77. The average molecular weight is 447 g/mol. The van der Waals surface area contributed by atoms with E-state index in [0.717, 1.165) is 18.4 Å². The van der Waals surface area contributed by atoms with Crippen LogP contribution in [0, 0.1) is 0 Å². The van der Waals surface area contributed by atoms with Crippen molar-refractivity contribution in [1.82, 2.24) is 9.21 Å². The van der Waals surface area contributed by atoms with Crippen LogP contribution in [-0.2, 0) is 20.2 Å². The standard InChI is InChI=1S/C22H23ClN2O4S/c1-16(26)17-5-7-20(8-6-17)30(28,29)25-13-11-24(12-14-25)21(27)22(9-10-22)18-3-2-4-19(23)15-18/h2-8,15H,9-14H2,1H3. The molecule has 0 radical (unpaired) electrons. The fraction of sp³-hybridized carbons (Fsp3) is 0.364. The molecule has 0 bridgehead atoms. The molecule has 8 heteroatoms. The smallest absolute Gasteiger partial charge is 0.243 e. The van der Waals surface area contributed by atoms with Crippen LogP contribution in [0.3, 0.4) is 0 Å². The number of hydrogen-bond donors (Lipinski definition) is 0. The molecule has 30 heavy (non-hydrogen) atoms. The fourth-order valence-electron chi connectivity index (χ4n) is 3.98. The van der Waals surface area contributed by atoms with Gasteiger partial charge in [0, 0.05) is 36.8 Å². The molecule has 0 atom stereocenters. The zero-order chi connectivity index (χ0) is 21.5. The molecule has 1 saturated carbocycles. The van der Waals surface area contributed by atoms with Crippen LogP contribution in [0.5, 0.6) is 0 Å². The van der Waals surface area contributed by atoms with Gasteiger partial charge in [0.1, 0.15) is 0 Å². The number of benzene rings is 2. The van der Waals surface area contributed by atoms with E-state index < -0.39 is 15.4 Å². The first-order valence-electron chi connectivity index (χ1n) is 9.91. The molecule has 158 valence electrons. The molecule has 1 aliphatic carbocycles. The van der Waals surface area contributed by atoms with Gasteiger partial charge in [-0.3, -0.25) is 9.59 Å². The van der Waals surface area contributed by atoms with Crippen molar-refractivity contribution < 1.29 is 18.0 Å². The zero-order valence-corrected chi connectivity index (χ0v) is 18.2. The normalized spacial score (nSPS) is 18.8. The number of carbonyl (C=O) groups is 2. The van der Waals surface area contributed by atoms with E-state index in [4.69, 9.17) is 11.6 Å². The van der Waals surface area contributed by atoms with Gasteiger partial charge < -0.3 is 4.90 Å². The lowest BCUT2D eigenvalue weighted by atomic mass is 9.94. The Bertz CT molecular complexity index is 1090. The van der Waals surface area contributed by atoms with Crippen LogP contribution in [-0.4, -0.2) is 55.5 Å². The number of amides is 1. The first-order valence-corrected chi connectivity index (χ1v) is 11.7. The first-order chi connectivity index (χ1) is 14.2. The van der Waals surface area contributed by atoms with Gasteiger partial charge in [0.15, 0.2) is 5.78 Å². The second-order valence-electron chi connectivity index (χ2n) is 7.87. The summed E-state index contributed by atoms with van der Waals surface area (Å²) >= 11 is 6.11. The minimum absolute atomic E-state index is 0.0487. The summed E-state index contributed by atoms with van der Waals surface area (Å²) in [7, 11) is -3.66. The monoisotopic (exact) mass is 446 g/mol. The van der Waals surface area contributed by atoms with Crippen molar-refractivity contribution in [1.29, 1.82) is 0 Å². The molecule has 1 aliphatic heterocycles.